The normalized spacial score (nSPS) is 19.9. The maximum atomic E-state index is 14.8. The van der Waals surface area contributed by atoms with Gasteiger partial charge < -0.3 is 14.0 Å². The summed E-state index contributed by atoms with van der Waals surface area (Å²) in [6, 6.07) is 1.74. The van der Waals surface area contributed by atoms with Crippen LogP contribution in [-0.2, 0) is 9.31 Å². The number of allylic oxidation sites excluding steroid dienone is 1. The lowest BCUT2D eigenvalue weighted by molar-refractivity contribution is 0.00578. The first-order valence-corrected chi connectivity index (χ1v) is 7.50. The molecule has 0 atom stereocenters. The Morgan fingerprint density at radius 1 is 1.18 bits per heavy atom. The fraction of sp³-hybridized carbons (Fsp3) is 0.529. The molecule has 0 radical (unpaired) electrons. The summed E-state index contributed by atoms with van der Waals surface area (Å²) in [6.07, 6.45) is 3.78. The molecule has 0 saturated carbocycles. The predicted octanol–water partition coefficient (Wildman–Crippen LogP) is 3.48. The first-order valence-electron chi connectivity index (χ1n) is 7.50. The summed E-state index contributed by atoms with van der Waals surface area (Å²) in [4.78, 5) is 0. The van der Waals surface area contributed by atoms with Gasteiger partial charge in [-0.1, -0.05) is 12.2 Å². The van der Waals surface area contributed by atoms with Crippen LogP contribution in [0.1, 0.15) is 45.7 Å². The number of benzene rings is 1. The highest BCUT2D eigenvalue weighted by molar-refractivity contribution is 6.62. The van der Waals surface area contributed by atoms with E-state index in [1.165, 1.54) is 0 Å². The van der Waals surface area contributed by atoms with Gasteiger partial charge in [-0.05, 0) is 47.6 Å². The lowest BCUT2D eigenvalue weighted by atomic mass is 9.76. The SMILES string of the molecule is CC=Cc1cc(B2OC(C)(C)C(C)(C)O2)c(F)c(C)c1OC. The van der Waals surface area contributed by atoms with Gasteiger partial charge in [-0.25, -0.2) is 4.39 Å². The molecule has 0 aromatic heterocycles. The Bertz CT molecular complexity index is 592. The summed E-state index contributed by atoms with van der Waals surface area (Å²) >= 11 is 0. The van der Waals surface area contributed by atoms with E-state index in [4.69, 9.17) is 14.0 Å². The molecule has 1 aromatic rings. The van der Waals surface area contributed by atoms with Crippen LogP contribution in [0.3, 0.4) is 0 Å². The Labute approximate surface area is 132 Å². The van der Waals surface area contributed by atoms with Crippen molar-refractivity contribution in [2.75, 3.05) is 7.11 Å². The number of methoxy groups -OCH3 is 1. The van der Waals surface area contributed by atoms with Crippen molar-refractivity contribution in [2.24, 2.45) is 0 Å². The summed E-state index contributed by atoms with van der Waals surface area (Å²) in [6.45, 7) is 11.4. The van der Waals surface area contributed by atoms with E-state index in [0.717, 1.165) is 5.56 Å². The van der Waals surface area contributed by atoms with Crippen molar-refractivity contribution in [3.63, 3.8) is 0 Å². The van der Waals surface area contributed by atoms with E-state index in [1.807, 2.05) is 46.8 Å². The number of ether oxygens (including phenoxy) is 1. The third kappa shape index (κ3) is 2.68. The Morgan fingerprint density at radius 2 is 1.73 bits per heavy atom. The summed E-state index contributed by atoms with van der Waals surface area (Å²) < 4.78 is 32.0. The van der Waals surface area contributed by atoms with Crippen molar-refractivity contribution in [1.29, 1.82) is 0 Å². The highest BCUT2D eigenvalue weighted by Gasteiger charge is 2.52. The smallest absolute Gasteiger partial charge is 0.496 e. The van der Waals surface area contributed by atoms with Gasteiger partial charge in [-0.2, -0.15) is 0 Å². The number of hydrogen-bond donors (Lipinski definition) is 0. The van der Waals surface area contributed by atoms with Crippen LogP contribution in [-0.4, -0.2) is 25.4 Å². The van der Waals surface area contributed by atoms with Gasteiger partial charge in [0, 0.05) is 16.6 Å². The molecule has 0 amide bonds. The van der Waals surface area contributed by atoms with E-state index in [2.05, 4.69) is 0 Å². The van der Waals surface area contributed by atoms with Crippen LogP contribution in [0.15, 0.2) is 12.1 Å². The van der Waals surface area contributed by atoms with Crippen LogP contribution in [0.4, 0.5) is 4.39 Å². The molecular weight excluding hydrogens is 282 g/mol. The minimum atomic E-state index is -0.724. The van der Waals surface area contributed by atoms with Crippen molar-refractivity contribution >= 4 is 18.7 Å². The topological polar surface area (TPSA) is 27.7 Å². The van der Waals surface area contributed by atoms with E-state index in [1.54, 1.807) is 20.1 Å². The third-order valence-electron chi connectivity index (χ3n) is 4.55. The molecule has 1 aliphatic heterocycles. The quantitative estimate of drug-likeness (QED) is 0.800. The Morgan fingerprint density at radius 3 is 2.18 bits per heavy atom. The van der Waals surface area contributed by atoms with Crippen molar-refractivity contribution in [1.82, 2.24) is 0 Å². The summed E-state index contributed by atoms with van der Waals surface area (Å²) in [5.74, 6) is 0.194. The van der Waals surface area contributed by atoms with Gasteiger partial charge in [-0.3, -0.25) is 0 Å². The van der Waals surface area contributed by atoms with Crippen molar-refractivity contribution < 1.29 is 18.4 Å². The second-order valence-electron chi connectivity index (χ2n) is 6.62. The molecule has 1 saturated heterocycles. The molecule has 22 heavy (non-hydrogen) atoms. The molecule has 0 N–H and O–H groups in total. The van der Waals surface area contributed by atoms with Crippen molar-refractivity contribution in [3.8, 4) is 5.75 Å². The monoisotopic (exact) mass is 306 g/mol. The van der Waals surface area contributed by atoms with E-state index in [9.17, 15) is 4.39 Å². The second-order valence-corrected chi connectivity index (χ2v) is 6.62. The zero-order chi connectivity index (χ0) is 16.7. The molecule has 0 spiro atoms. The first kappa shape index (κ1) is 17.0. The van der Waals surface area contributed by atoms with Crippen LogP contribution in [0.25, 0.3) is 6.08 Å². The molecule has 1 fully saturated rings. The number of rotatable bonds is 3. The van der Waals surface area contributed by atoms with Gasteiger partial charge in [0.25, 0.3) is 0 Å². The molecule has 1 heterocycles. The summed E-state index contributed by atoms with van der Waals surface area (Å²) in [5, 5.41) is 0. The average Bonchev–Trinajstić information content (AvgIpc) is 2.63. The van der Waals surface area contributed by atoms with Gasteiger partial charge in [0.1, 0.15) is 11.6 Å². The predicted molar refractivity (Wildman–Crippen MR) is 88.1 cm³/mol. The van der Waals surface area contributed by atoms with Gasteiger partial charge in [0.05, 0.1) is 18.3 Å². The molecule has 0 aliphatic carbocycles. The van der Waals surface area contributed by atoms with E-state index < -0.39 is 18.3 Å². The fourth-order valence-electron chi connectivity index (χ4n) is 2.54. The van der Waals surface area contributed by atoms with Crippen molar-refractivity contribution in [2.45, 2.75) is 52.7 Å². The Balaban J connectivity index is 2.54. The summed E-state index contributed by atoms with van der Waals surface area (Å²) in [5.41, 5.74) is 0.679. The zero-order valence-corrected chi connectivity index (χ0v) is 14.4. The van der Waals surface area contributed by atoms with Gasteiger partial charge >= 0.3 is 7.12 Å². The molecule has 0 unspecified atom stereocenters. The maximum absolute atomic E-state index is 14.8. The Hall–Kier alpha value is -1.33. The highest BCUT2D eigenvalue weighted by atomic mass is 19.1. The van der Waals surface area contributed by atoms with Gasteiger partial charge in [0.2, 0.25) is 0 Å². The van der Waals surface area contributed by atoms with Crippen LogP contribution in [0, 0.1) is 12.7 Å². The van der Waals surface area contributed by atoms with Crippen LogP contribution < -0.4 is 10.2 Å². The van der Waals surface area contributed by atoms with Gasteiger partial charge in [0.15, 0.2) is 0 Å². The second kappa shape index (κ2) is 5.71. The first-order chi connectivity index (χ1) is 10.1. The Kier molecular flexibility index (Phi) is 4.42. The highest BCUT2D eigenvalue weighted by Crippen LogP contribution is 2.37. The van der Waals surface area contributed by atoms with E-state index in [0.29, 0.717) is 16.8 Å². The average molecular weight is 306 g/mol. The maximum Gasteiger partial charge on any atom is 0.497 e. The molecule has 3 nitrogen and oxygen atoms in total. The van der Waals surface area contributed by atoms with Crippen LogP contribution >= 0.6 is 0 Å². The third-order valence-corrected chi connectivity index (χ3v) is 4.55. The van der Waals surface area contributed by atoms with Gasteiger partial charge in [-0.15, -0.1) is 0 Å². The molecule has 2 rings (SSSR count). The lowest BCUT2D eigenvalue weighted by Gasteiger charge is -2.32. The zero-order valence-electron chi connectivity index (χ0n) is 14.4. The minimum Gasteiger partial charge on any atom is -0.496 e. The summed E-state index contributed by atoms with van der Waals surface area (Å²) in [7, 11) is 0.821. The van der Waals surface area contributed by atoms with Crippen LogP contribution in [0.2, 0.25) is 0 Å². The van der Waals surface area contributed by atoms with Crippen LogP contribution in [0.5, 0.6) is 5.75 Å². The number of hydrogen-bond acceptors (Lipinski definition) is 3. The number of halogens is 1. The molecule has 1 aliphatic rings. The molecule has 5 heteroatoms. The largest absolute Gasteiger partial charge is 0.497 e. The minimum absolute atomic E-state index is 0.344. The lowest BCUT2D eigenvalue weighted by Crippen LogP contribution is -2.41. The molecule has 1 aromatic carbocycles. The van der Waals surface area contributed by atoms with E-state index >= 15 is 0 Å². The molecule has 120 valence electrons. The molecule has 0 bridgehead atoms. The fourth-order valence-corrected chi connectivity index (χ4v) is 2.54. The van der Waals surface area contributed by atoms with E-state index in [-0.39, 0.29) is 5.82 Å². The standard InChI is InChI=1S/C17H24BFO3/c1-8-9-12-10-13(14(19)11(2)15(12)20-7)18-21-16(3,4)17(5,6)22-18/h8-10H,1-7H3. The van der Waals surface area contributed by atoms with Crippen molar-refractivity contribution in [3.05, 3.63) is 29.1 Å². The molecular formula is C17H24BFO3.